The Kier molecular flexibility index (Phi) is 38.8. The van der Waals surface area contributed by atoms with E-state index in [0.717, 1.165) is 83.5 Å². The standard InChI is InChI=1S/C48H84NO7P/c1-6-8-10-12-14-16-18-20-21-22-23-24-25-26-27-28-30-32-34-36-38-40-43-53-45-47(46-55-57(51,52)54-44-42-49(3,4)5)56-48(50)41-39-37-35-33-31-29-19-17-15-13-11-9-7-2/h8-11,14-17,20-21,23-24,29,31,47H,6-7,12-13,18-19,22,25-28,30,32-46H2,1-5H3/p+1/b10-8-,11-9-,16-14-,17-15-,21-20-,24-23-,31-29-. The molecule has 0 aromatic heterocycles. The van der Waals surface area contributed by atoms with Gasteiger partial charge >= 0.3 is 13.8 Å². The lowest BCUT2D eigenvalue weighted by Gasteiger charge is -2.24. The Morgan fingerprint density at radius 1 is 0.544 bits per heavy atom. The second-order valence-corrected chi connectivity index (χ2v) is 17.1. The van der Waals surface area contributed by atoms with Crippen molar-refractivity contribution in [2.75, 3.05) is 54.1 Å². The first kappa shape index (κ1) is 54.7. The van der Waals surface area contributed by atoms with Crippen LogP contribution < -0.4 is 0 Å². The third kappa shape index (κ3) is 44.6. The zero-order valence-corrected chi connectivity index (χ0v) is 37.9. The first-order valence-corrected chi connectivity index (χ1v) is 23.8. The number of carbonyl (C=O) groups excluding carboxylic acids is 1. The van der Waals surface area contributed by atoms with Gasteiger partial charge < -0.3 is 18.9 Å². The zero-order valence-electron chi connectivity index (χ0n) is 37.0. The smallest absolute Gasteiger partial charge is 0.457 e. The van der Waals surface area contributed by atoms with E-state index in [4.69, 9.17) is 18.5 Å². The fraction of sp³-hybridized carbons (Fsp3) is 0.688. The molecule has 0 saturated heterocycles. The lowest BCUT2D eigenvalue weighted by atomic mass is 10.1. The van der Waals surface area contributed by atoms with E-state index < -0.39 is 13.9 Å². The summed E-state index contributed by atoms with van der Waals surface area (Å²) in [7, 11) is 1.63. The minimum atomic E-state index is -4.29. The van der Waals surface area contributed by atoms with Crippen LogP contribution in [-0.2, 0) is 27.9 Å². The Labute approximate surface area is 350 Å². The van der Waals surface area contributed by atoms with Gasteiger partial charge in [0.1, 0.15) is 19.3 Å². The average molecular weight is 819 g/mol. The number of likely N-dealkylation sites (N-methyl/N-ethyl adjacent to an activating group) is 1. The van der Waals surface area contributed by atoms with Crippen molar-refractivity contribution in [3.63, 3.8) is 0 Å². The Balaban J connectivity index is 4.23. The highest BCUT2D eigenvalue weighted by Gasteiger charge is 2.26. The fourth-order valence-corrected chi connectivity index (χ4v) is 6.30. The third-order valence-electron chi connectivity index (χ3n) is 8.95. The van der Waals surface area contributed by atoms with Crippen LogP contribution in [0.4, 0.5) is 0 Å². The third-order valence-corrected chi connectivity index (χ3v) is 9.94. The van der Waals surface area contributed by atoms with E-state index in [1.807, 2.05) is 21.1 Å². The van der Waals surface area contributed by atoms with E-state index >= 15 is 0 Å². The molecule has 0 saturated carbocycles. The van der Waals surface area contributed by atoms with Gasteiger partial charge in [-0.15, -0.1) is 0 Å². The van der Waals surface area contributed by atoms with Crippen molar-refractivity contribution in [1.82, 2.24) is 0 Å². The second-order valence-electron chi connectivity index (χ2n) is 15.7. The van der Waals surface area contributed by atoms with Gasteiger partial charge in [-0.05, 0) is 83.5 Å². The van der Waals surface area contributed by atoms with Crippen LogP contribution in [0.15, 0.2) is 85.1 Å². The number of ether oxygens (including phenoxy) is 2. The fourth-order valence-electron chi connectivity index (χ4n) is 5.56. The maximum absolute atomic E-state index is 12.7. The van der Waals surface area contributed by atoms with Gasteiger partial charge in [0.25, 0.3) is 0 Å². The lowest BCUT2D eigenvalue weighted by Crippen LogP contribution is -2.37. The molecule has 2 unspecified atom stereocenters. The van der Waals surface area contributed by atoms with Crippen LogP contribution in [0.5, 0.6) is 0 Å². The van der Waals surface area contributed by atoms with Gasteiger partial charge in [-0.1, -0.05) is 150 Å². The number of hydrogen-bond acceptors (Lipinski definition) is 6. The van der Waals surface area contributed by atoms with Gasteiger partial charge in [0, 0.05) is 13.0 Å². The summed E-state index contributed by atoms with van der Waals surface area (Å²) in [5.74, 6) is -0.349. The molecule has 8 nitrogen and oxygen atoms in total. The quantitative estimate of drug-likeness (QED) is 0.0216. The summed E-state index contributed by atoms with van der Waals surface area (Å²) < 4.78 is 35.0. The molecule has 0 spiro atoms. The Morgan fingerprint density at radius 3 is 1.44 bits per heavy atom. The van der Waals surface area contributed by atoms with Crippen LogP contribution >= 0.6 is 7.82 Å². The molecule has 0 rings (SSSR count). The van der Waals surface area contributed by atoms with Crippen molar-refractivity contribution < 1.29 is 37.3 Å². The van der Waals surface area contributed by atoms with Gasteiger partial charge in [0.05, 0.1) is 34.4 Å². The summed E-state index contributed by atoms with van der Waals surface area (Å²) >= 11 is 0. The molecular formula is C48H85NO7P+. The number of allylic oxidation sites excluding steroid dienone is 14. The number of unbranched alkanes of at least 4 members (excludes halogenated alkanes) is 12. The summed E-state index contributed by atoms with van der Waals surface area (Å²) in [5, 5.41) is 0. The number of phosphoric ester groups is 1. The molecule has 0 amide bonds. The monoisotopic (exact) mass is 819 g/mol. The number of rotatable bonds is 40. The minimum absolute atomic E-state index is 0.0768. The molecule has 0 heterocycles. The van der Waals surface area contributed by atoms with Crippen LogP contribution in [0.3, 0.4) is 0 Å². The van der Waals surface area contributed by atoms with Crippen molar-refractivity contribution in [3.8, 4) is 0 Å². The normalized spacial score (nSPS) is 14.6. The Bertz CT molecular complexity index is 1180. The summed E-state index contributed by atoms with van der Waals surface area (Å²) in [6.45, 7) is 5.31. The van der Waals surface area contributed by atoms with Crippen molar-refractivity contribution in [1.29, 1.82) is 0 Å². The molecular weight excluding hydrogens is 734 g/mol. The molecule has 0 aromatic rings. The predicted molar refractivity (Wildman–Crippen MR) is 242 cm³/mol. The summed E-state index contributed by atoms with van der Waals surface area (Å²) in [6, 6.07) is 0. The van der Waals surface area contributed by atoms with Crippen LogP contribution in [0.2, 0.25) is 0 Å². The number of nitrogens with zero attached hydrogens (tertiary/aromatic N) is 1. The van der Waals surface area contributed by atoms with Crippen LogP contribution in [0, 0.1) is 0 Å². The highest BCUT2D eigenvalue weighted by molar-refractivity contribution is 7.47. The highest BCUT2D eigenvalue weighted by Crippen LogP contribution is 2.43. The van der Waals surface area contributed by atoms with Gasteiger partial charge in [-0.2, -0.15) is 0 Å². The Morgan fingerprint density at radius 2 is 0.965 bits per heavy atom. The summed E-state index contributed by atoms with van der Waals surface area (Å²) in [4.78, 5) is 22.9. The van der Waals surface area contributed by atoms with Gasteiger partial charge in [-0.25, -0.2) is 4.57 Å². The number of phosphoric acid groups is 1. The maximum atomic E-state index is 12.7. The molecule has 0 aliphatic heterocycles. The molecule has 0 fully saturated rings. The van der Waals surface area contributed by atoms with E-state index in [2.05, 4.69) is 98.9 Å². The average Bonchev–Trinajstić information content (AvgIpc) is 3.16. The Hall–Kier alpha value is -2.32. The molecule has 0 aliphatic rings. The van der Waals surface area contributed by atoms with Crippen molar-refractivity contribution in [2.24, 2.45) is 0 Å². The number of quaternary nitrogens is 1. The molecule has 2 atom stereocenters. The van der Waals surface area contributed by atoms with E-state index in [0.29, 0.717) is 17.6 Å². The van der Waals surface area contributed by atoms with Crippen molar-refractivity contribution in [2.45, 2.75) is 161 Å². The van der Waals surface area contributed by atoms with Gasteiger partial charge in [0.2, 0.25) is 0 Å². The van der Waals surface area contributed by atoms with E-state index in [1.165, 1.54) is 51.4 Å². The van der Waals surface area contributed by atoms with E-state index in [9.17, 15) is 14.3 Å². The number of carbonyl (C=O) groups is 1. The summed E-state index contributed by atoms with van der Waals surface area (Å²) in [5.41, 5.74) is 0. The topological polar surface area (TPSA) is 91.3 Å². The number of hydrogen-bond donors (Lipinski definition) is 1. The van der Waals surface area contributed by atoms with Crippen LogP contribution in [0.25, 0.3) is 0 Å². The number of esters is 1. The molecule has 57 heavy (non-hydrogen) atoms. The second kappa shape index (κ2) is 40.5. The molecule has 0 aromatic carbocycles. The van der Waals surface area contributed by atoms with E-state index in [-0.39, 0.29) is 32.2 Å². The first-order valence-electron chi connectivity index (χ1n) is 22.3. The molecule has 0 radical (unpaired) electrons. The molecule has 0 aliphatic carbocycles. The SMILES string of the molecule is CC/C=C\C/C=C\C/C=C\C/C=C\CCCCCCCCCCCOCC(COP(=O)(O)OCC[N+](C)(C)C)OC(=O)CCCCC/C=C\C/C=C\C/C=C\CC. The van der Waals surface area contributed by atoms with Crippen LogP contribution in [0.1, 0.15) is 155 Å². The van der Waals surface area contributed by atoms with Crippen molar-refractivity contribution >= 4 is 13.8 Å². The van der Waals surface area contributed by atoms with Gasteiger partial charge in [0.15, 0.2) is 0 Å². The van der Waals surface area contributed by atoms with Gasteiger partial charge in [-0.3, -0.25) is 13.8 Å². The molecule has 1 N–H and O–H groups in total. The lowest BCUT2D eigenvalue weighted by molar-refractivity contribution is -0.870. The van der Waals surface area contributed by atoms with Crippen LogP contribution in [-0.4, -0.2) is 75.6 Å². The molecule has 328 valence electrons. The maximum Gasteiger partial charge on any atom is 0.472 e. The van der Waals surface area contributed by atoms with Crippen molar-refractivity contribution in [3.05, 3.63) is 85.1 Å². The predicted octanol–water partition coefficient (Wildman–Crippen LogP) is 13.3. The van der Waals surface area contributed by atoms with E-state index in [1.54, 1.807) is 0 Å². The zero-order chi connectivity index (χ0) is 42.0. The molecule has 9 heteroatoms. The summed E-state index contributed by atoms with van der Waals surface area (Å²) in [6.07, 6.45) is 53.4. The largest absolute Gasteiger partial charge is 0.472 e. The minimum Gasteiger partial charge on any atom is -0.457 e. The highest BCUT2D eigenvalue weighted by atomic mass is 31.2. The first-order chi connectivity index (χ1) is 27.6. The molecule has 0 bridgehead atoms.